The van der Waals surface area contributed by atoms with Gasteiger partial charge in [0, 0.05) is 12.0 Å². The molecule has 1 aliphatic carbocycles. The van der Waals surface area contributed by atoms with E-state index in [0.29, 0.717) is 17.3 Å². The van der Waals surface area contributed by atoms with Crippen molar-refractivity contribution in [3.05, 3.63) is 59.1 Å². The first-order valence-electron chi connectivity index (χ1n) is 11.7. The summed E-state index contributed by atoms with van der Waals surface area (Å²) in [6, 6.07) is 15.8. The summed E-state index contributed by atoms with van der Waals surface area (Å²) in [5, 5.41) is 10.6. The molecule has 32 heavy (non-hydrogen) atoms. The second-order valence-electron chi connectivity index (χ2n) is 8.68. The van der Waals surface area contributed by atoms with Crippen LogP contribution in [0.1, 0.15) is 64.0 Å². The summed E-state index contributed by atoms with van der Waals surface area (Å²) < 4.78 is 5.61. The van der Waals surface area contributed by atoms with Gasteiger partial charge in [-0.1, -0.05) is 68.5 Å². The Morgan fingerprint density at radius 1 is 1.09 bits per heavy atom. The van der Waals surface area contributed by atoms with Crippen molar-refractivity contribution < 1.29 is 9.53 Å². The number of amides is 1. The Morgan fingerprint density at radius 3 is 2.44 bits per heavy atom. The molecule has 1 aliphatic heterocycles. The van der Waals surface area contributed by atoms with Gasteiger partial charge in [-0.25, -0.2) is 0 Å². The van der Waals surface area contributed by atoms with Crippen LogP contribution in [0.15, 0.2) is 53.6 Å². The number of nitrogens with one attached hydrogen (secondary N) is 1. The number of ether oxygens (including phenoxy) is 1. The molecule has 0 saturated heterocycles. The van der Waals surface area contributed by atoms with Gasteiger partial charge in [-0.15, -0.1) is 0 Å². The van der Waals surface area contributed by atoms with Crippen LogP contribution in [-0.4, -0.2) is 24.3 Å². The molecule has 2 aliphatic rings. The van der Waals surface area contributed by atoms with Gasteiger partial charge in [0.05, 0.1) is 23.4 Å². The Hall–Kier alpha value is -2.53. The Bertz CT molecular complexity index is 952. The fraction of sp³-hybridized carbons (Fsp3) is 0.462. The Morgan fingerprint density at radius 2 is 1.78 bits per heavy atom. The van der Waals surface area contributed by atoms with Crippen molar-refractivity contribution in [2.45, 2.75) is 64.5 Å². The van der Waals surface area contributed by atoms with E-state index in [9.17, 15) is 4.79 Å². The number of hydrazone groups is 1. The number of rotatable bonds is 6. The van der Waals surface area contributed by atoms with Crippen molar-refractivity contribution in [1.82, 2.24) is 5.32 Å². The maximum absolute atomic E-state index is 13.3. The molecular weight excluding hydrogens is 422 g/mol. The highest BCUT2D eigenvalue weighted by atomic mass is 35.5. The van der Waals surface area contributed by atoms with Crippen LogP contribution in [0.4, 0.5) is 5.69 Å². The number of hydrogen-bond donors (Lipinski definition) is 1. The maximum Gasteiger partial charge on any atom is 0.268 e. The average molecular weight is 454 g/mol. The monoisotopic (exact) mass is 453 g/mol. The number of benzene rings is 2. The lowest BCUT2D eigenvalue weighted by Crippen LogP contribution is -2.40. The van der Waals surface area contributed by atoms with Gasteiger partial charge in [0.25, 0.3) is 5.91 Å². The lowest BCUT2D eigenvalue weighted by atomic mass is 9.90. The maximum atomic E-state index is 13.3. The van der Waals surface area contributed by atoms with E-state index in [4.69, 9.17) is 21.4 Å². The molecule has 1 N–H and O–H groups in total. The summed E-state index contributed by atoms with van der Waals surface area (Å²) in [5.74, 6) is 0.684. The molecule has 1 fully saturated rings. The SMILES string of the molecule is CCOc1ccc(C2C(C)C(C(=O)NC3CCCCCC3)=NN2c2ccccc2Cl)cc1. The smallest absolute Gasteiger partial charge is 0.268 e. The fourth-order valence-electron chi connectivity index (χ4n) is 4.76. The van der Waals surface area contributed by atoms with E-state index in [1.807, 2.05) is 48.3 Å². The van der Waals surface area contributed by atoms with Gasteiger partial charge >= 0.3 is 0 Å². The zero-order chi connectivity index (χ0) is 22.5. The molecule has 6 heteroatoms. The van der Waals surface area contributed by atoms with Gasteiger partial charge in [0.2, 0.25) is 0 Å². The summed E-state index contributed by atoms with van der Waals surface area (Å²) in [6.45, 7) is 4.67. The van der Waals surface area contributed by atoms with Crippen molar-refractivity contribution in [2.75, 3.05) is 11.6 Å². The number of hydrogen-bond acceptors (Lipinski definition) is 4. The van der Waals surface area contributed by atoms with Crippen LogP contribution < -0.4 is 15.1 Å². The molecule has 1 heterocycles. The molecule has 4 rings (SSSR count). The van der Waals surface area contributed by atoms with E-state index in [2.05, 4.69) is 24.4 Å². The molecule has 2 aromatic rings. The van der Waals surface area contributed by atoms with E-state index in [1.54, 1.807) is 0 Å². The van der Waals surface area contributed by atoms with E-state index < -0.39 is 0 Å². The van der Waals surface area contributed by atoms with E-state index in [0.717, 1.165) is 29.8 Å². The first-order chi connectivity index (χ1) is 15.6. The third-order valence-corrected chi connectivity index (χ3v) is 6.76. The standard InChI is InChI=1S/C26H32ClN3O2/c1-3-32-21-16-14-19(15-17-21)25-18(2)24(26(31)28-20-10-6-4-5-7-11-20)29-30(25)23-13-9-8-12-22(23)27/h8-9,12-18,20,25H,3-7,10-11H2,1-2H3,(H,28,31). The average Bonchev–Trinajstić information content (AvgIpc) is 2.95. The molecule has 0 radical (unpaired) electrons. The van der Waals surface area contributed by atoms with Crippen molar-refractivity contribution in [2.24, 2.45) is 11.0 Å². The van der Waals surface area contributed by atoms with Crippen LogP contribution in [0.5, 0.6) is 5.75 Å². The second-order valence-corrected chi connectivity index (χ2v) is 9.09. The van der Waals surface area contributed by atoms with Crippen LogP contribution in [0.3, 0.4) is 0 Å². The highest BCUT2D eigenvalue weighted by molar-refractivity contribution is 6.40. The molecule has 5 nitrogen and oxygen atoms in total. The first-order valence-corrected chi connectivity index (χ1v) is 12.1. The van der Waals surface area contributed by atoms with Crippen molar-refractivity contribution in [3.8, 4) is 5.75 Å². The molecule has 2 aromatic carbocycles. The van der Waals surface area contributed by atoms with Gasteiger partial charge in [-0.2, -0.15) is 5.10 Å². The lowest BCUT2D eigenvalue weighted by Gasteiger charge is -2.27. The molecule has 1 amide bonds. The molecule has 0 aromatic heterocycles. The quantitative estimate of drug-likeness (QED) is 0.535. The van der Waals surface area contributed by atoms with Crippen LogP contribution in [0, 0.1) is 5.92 Å². The minimum atomic E-state index is -0.125. The Balaban J connectivity index is 1.63. The van der Waals surface area contributed by atoms with Crippen LogP contribution in [-0.2, 0) is 4.79 Å². The molecule has 1 saturated carbocycles. The molecule has 2 atom stereocenters. The van der Waals surface area contributed by atoms with E-state index in [-0.39, 0.29) is 23.9 Å². The van der Waals surface area contributed by atoms with E-state index >= 15 is 0 Å². The predicted molar refractivity (Wildman–Crippen MR) is 131 cm³/mol. The minimum absolute atomic E-state index is 0.0603. The lowest BCUT2D eigenvalue weighted by molar-refractivity contribution is -0.115. The van der Waals surface area contributed by atoms with Gasteiger partial charge in [-0.05, 0) is 49.6 Å². The highest BCUT2D eigenvalue weighted by Crippen LogP contribution is 2.42. The molecule has 170 valence electrons. The van der Waals surface area contributed by atoms with Crippen molar-refractivity contribution >= 4 is 28.9 Å². The van der Waals surface area contributed by atoms with Gasteiger partial charge in [0.1, 0.15) is 11.5 Å². The summed E-state index contributed by atoms with van der Waals surface area (Å²) in [5.41, 5.74) is 2.44. The number of halogens is 1. The second kappa shape index (κ2) is 10.4. The van der Waals surface area contributed by atoms with Crippen LogP contribution in [0.25, 0.3) is 0 Å². The number of carbonyl (C=O) groups excluding carboxylic acids is 1. The van der Waals surface area contributed by atoms with Crippen molar-refractivity contribution in [3.63, 3.8) is 0 Å². The van der Waals surface area contributed by atoms with E-state index in [1.165, 1.54) is 25.7 Å². The normalized spacial score (nSPS) is 21.7. The minimum Gasteiger partial charge on any atom is -0.494 e. The van der Waals surface area contributed by atoms with Crippen molar-refractivity contribution in [1.29, 1.82) is 0 Å². The number of nitrogens with zero attached hydrogens (tertiary/aromatic N) is 2. The third kappa shape index (κ3) is 4.93. The molecular formula is C26H32ClN3O2. The third-order valence-electron chi connectivity index (χ3n) is 6.44. The van der Waals surface area contributed by atoms with Crippen LogP contribution >= 0.6 is 11.6 Å². The predicted octanol–water partition coefficient (Wildman–Crippen LogP) is 6.13. The topological polar surface area (TPSA) is 53.9 Å². The summed E-state index contributed by atoms with van der Waals surface area (Å²) >= 11 is 6.54. The number of carbonyl (C=O) groups is 1. The summed E-state index contributed by atoms with van der Waals surface area (Å²) in [6.07, 6.45) is 6.95. The Kier molecular flexibility index (Phi) is 7.36. The Labute approximate surface area is 195 Å². The highest BCUT2D eigenvalue weighted by Gasteiger charge is 2.40. The zero-order valence-electron chi connectivity index (χ0n) is 18.9. The van der Waals surface area contributed by atoms with Gasteiger partial charge in [-0.3, -0.25) is 9.80 Å². The number of anilines is 1. The van der Waals surface area contributed by atoms with Crippen LogP contribution in [0.2, 0.25) is 5.02 Å². The van der Waals surface area contributed by atoms with Gasteiger partial charge < -0.3 is 10.1 Å². The fourth-order valence-corrected chi connectivity index (χ4v) is 4.99. The molecule has 0 bridgehead atoms. The summed E-state index contributed by atoms with van der Waals surface area (Å²) in [7, 11) is 0. The van der Waals surface area contributed by atoms with Gasteiger partial charge in [0.15, 0.2) is 0 Å². The molecule has 0 spiro atoms. The first kappa shape index (κ1) is 22.7. The number of para-hydroxylation sites is 1. The zero-order valence-corrected chi connectivity index (χ0v) is 19.6. The molecule has 2 unspecified atom stereocenters. The summed E-state index contributed by atoms with van der Waals surface area (Å²) in [4.78, 5) is 13.3. The largest absolute Gasteiger partial charge is 0.494 e.